The van der Waals surface area contributed by atoms with E-state index >= 15 is 0 Å². The summed E-state index contributed by atoms with van der Waals surface area (Å²) in [5.41, 5.74) is 1.42. The number of amides is 2. The smallest absolute Gasteiger partial charge is 0.251 e. The Bertz CT molecular complexity index is 841. The van der Waals surface area contributed by atoms with Crippen molar-refractivity contribution in [3.8, 4) is 6.07 Å². The third-order valence-corrected chi connectivity index (χ3v) is 5.58. The minimum atomic E-state index is -0.555. The molecule has 27 heavy (non-hydrogen) atoms. The molecular weight excluding hydrogens is 405 g/mol. The second-order valence-electron chi connectivity index (χ2n) is 5.50. The summed E-state index contributed by atoms with van der Waals surface area (Å²) in [4.78, 5) is 24.5. The molecule has 1 unspecified atom stereocenters. The lowest BCUT2D eigenvalue weighted by molar-refractivity contribution is -0.120. The van der Waals surface area contributed by atoms with E-state index in [1.807, 2.05) is 18.2 Å². The Morgan fingerprint density at radius 2 is 1.81 bits per heavy atom. The van der Waals surface area contributed by atoms with E-state index in [0.29, 0.717) is 21.4 Å². The van der Waals surface area contributed by atoms with Crippen molar-refractivity contribution in [2.45, 2.75) is 11.0 Å². The Labute approximate surface area is 172 Å². The molecule has 2 aromatic rings. The molecule has 1 atom stereocenters. The fourth-order valence-corrected chi connectivity index (χ4v) is 3.50. The number of nitrogens with one attached hydrogen (secondary N) is 2. The van der Waals surface area contributed by atoms with E-state index in [4.69, 9.17) is 28.5 Å². The van der Waals surface area contributed by atoms with Gasteiger partial charge in [0.2, 0.25) is 5.91 Å². The molecule has 2 amide bonds. The maximum Gasteiger partial charge on any atom is 0.251 e. The summed E-state index contributed by atoms with van der Waals surface area (Å²) in [6.45, 7) is 0.0479. The van der Waals surface area contributed by atoms with Crippen molar-refractivity contribution in [1.82, 2.24) is 10.6 Å². The fourth-order valence-electron chi connectivity index (χ4n) is 2.17. The fraction of sp³-hybridized carbons (Fsp3) is 0.211. The molecular formula is C19H17Cl2N3O2S. The molecule has 0 aliphatic carbocycles. The number of nitrogens with zero attached hydrogens (tertiary/aromatic N) is 1. The van der Waals surface area contributed by atoms with Gasteiger partial charge in [0.1, 0.15) is 11.8 Å². The van der Waals surface area contributed by atoms with Gasteiger partial charge in [0.15, 0.2) is 0 Å². The number of nitriles is 1. The summed E-state index contributed by atoms with van der Waals surface area (Å²) in [6, 6.07) is 15.9. The van der Waals surface area contributed by atoms with Crippen LogP contribution in [0.2, 0.25) is 10.0 Å². The zero-order valence-electron chi connectivity index (χ0n) is 14.2. The maximum absolute atomic E-state index is 12.3. The third-order valence-electron chi connectivity index (χ3n) is 3.55. The van der Waals surface area contributed by atoms with E-state index < -0.39 is 5.25 Å². The summed E-state index contributed by atoms with van der Waals surface area (Å²) in [7, 11) is 0. The molecule has 0 aliphatic rings. The van der Waals surface area contributed by atoms with Crippen molar-refractivity contribution in [1.29, 1.82) is 5.26 Å². The number of halogens is 2. The summed E-state index contributed by atoms with van der Waals surface area (Å²) < 4.78 is 0. The van der Waals surface area contributed by atoms with E-state index in [9.17, 15) is 9.59 Å². The van der Waals surface area contributed by atoms with E-state index in [-0.39, 0.29) is 24.9 Å². The quantitative estimate of drug-likeness (QED) is 0.637. The Morgan fingerprint density at radius 1 is 1.07 bits per heavy atom. The second-order valence-corrected chi connectivity index (χ2v) is 7.51. The van der Waals surface area contributed by atoms with Crippen LogP contribution in [0.15, 0.2) is 48.5 Å². The first-order valence-electron chi connectivity index (χ1n) is 8.04. The summed E-state index contributed by atoms with van der Waals surface area (Å²) in [5.74, 6) is -0.0678. The number of carbonyl (C=O) groups excluding carboxylic acids is 2. The van der Waals surface area contributed by atoms with Crippen LogP contribution in [0.3, 0.4) is 0 Å². The van der Waals surface area contributed by atoms with Crippen LogP contribution in [0.1, 0.15) is 15.9 Å². The minimum Gasteiger partial charge on any atom is -0.350 e. The summed E-state index contributed by atoms with van der Waals surface area (Å²) >= 11 is 13.3. The first-order chi connectivity index (χ1) is 13.0. The van der Waals surface area contributed by atoms with Crippen molar-refractivity contribution in [2.75, 3.05) is 13.1 Å². The molecule has 0 saturated heterocycles. The number of rotatable bonds is 8. The average Bonchev–Trinajstić information content (AvgIpc) is 2.69. The summed E-state index contributed by atoms with van der Waals surface area (Å²) in [6.07, 6.45) is 0. The van der Waals surface area contributed by atoms with Gasteiger partial charge in [0, 0.05) is 17.9 Å². The molecule has 0 aromatic heterocycles. The minimum absolute atomic E-state index is 0.0880. The molecule has 2 N–H and O–H groups in total. The van der Waals surface area contributed by atoms with Crippen molar-refractivity contribution < 1.29 is 9.59 Å². The van der Waals surface area contributed by atoms with Crippen molar-refractivity contribution in [2.24, 2.45) is 0 Å². The van der Waals surface area contributed by atoms with Crippen LogP contribution in [0.25, 0.3) is 0 Å². The Balaban J connectivity index is 1.99. The van der Waals surface area contributed by atoms with Crippen LogP contribution in [0.4, 0.5) is 0 Å². The van der Waals surface area contributed by atoms with Crippen LogP contribution in [-0.4, -0.2) is 30.2 Å². The predicted octanol–water partition coefficient (Wildman–Crippen LogP) is 3.66. The SMILES string of the molecule is N#CCNC(=O)C(CNC(=O)c1ccccc1)SCc1ccc(Cl)c(Cl)c1. The number of hydrogen-bond acceptors (Lipinski definition) is 4. The highest BCUT2D eigenvalue weighted by Crippen LogP contribution is 2.26. The van der Waals surface area contributed by atoms with E-state index in [2.05, 4.69) is 10.6 Å². The Morgan fingerprint density at radius 3 is 2.48 bits per heavy atom. The van der Waals surface area contributed by atoms with E-state index in [1.165, 1.54) is 11.8 Å². The molecule has 0 saturated carbocycles. The maximum atomic E-state index is 12.3. The average molecular weight is 422 g/mol. The van der Waals surface area contributed by atoms with Crippen LogP contribution >= 0.6 is 35.0 Å². The lowest BCUT2D eigenvalue weighted by atomic mass is 10.2. The Kier molecular flexibility index (Phi) is 8.46. The second kappa shape index (κ2) is 10.8. The topological polar surface area (TPSA) is 82.0 Å². The zero-order valence-corrected chi connectivity index (χ0v) is 16.6. The van der Waals surface area contributed by atoms with Crippen LogP contribution < -0.4 is 10.6 Å². The van der Waals surface area contributed by atoms with Gasteiger partial charge in [-0.25, -0.2) is 0 Å². The van der Waals surface area contributed by atoms with Crippen molar-refractivity contribution in [3.63, 3.8) is 0 Å². The highest BCUT2D eigenvalue weighted by atomic mass is 35.5. The van der Waals surface area contributed by atoms with Crippen molar-refractivity contribution in [3.05, 3.63) is 69.7 Å². The molecule has 2 rings (SSSR count). The molecule has 0 fully saturated rings. The van der Waals surface area contributed by atoms with Gasteiger partial charge in [0.25, 0.3) is 5.91 Å². The molecule has 0 aliphatic heterocycles. The highest BCUT2D eigenvalue weighted by Gasteiger charge is 2.20. The molecule has 0 radical (unpaired) electrons. The lowest BCUT2D eigenvalue weighted by Gasteiger charge is -2.17. The van der Waals surface area contributed by atoms with E-state index in [0.717, 1.165) is 5.56 Å². The Hall–Kier alpha value is -2.20. The standard InChI is InChI=1S/C19H17Cl2N3O2S/c20-15-7-6-13(10-16(15)21)12-27-17(19(26)23-9-8-22)11-24-18(25)14-4-2-1-3-5-14/h1-7,10,17H,9,11-12H2,(H,23,26)(H,24,25). The number of benzene rings is 2. The van der Waals surface area contributed by atoms with Crippen LogP contribution in [-0.2, 0) is 10.5 Å². The number of thioether (sulfide) groups is 1. The van der Waals surface area contributed by atoms with Gasteiger partial charge in [0.05, 0.1) is 16.1 Å². The molecule has 140 valence electrons. The van der Waals surface area contributed by atoms with Gasteiger partial charge in [-0.1, -0.05) is 47.5 Å². The normalized spacial score (nSPS) is 11.3. The highest BCUT2D eigenvalue weighted by molar-refractivity contribution is 7.99. The third kappa shape index (κ3) is 6.79. The van der Waals surface area contributed by atoms with Crippen molar-refractivity contribution >= 4 is 46.8 Å². The van der Waals surface area contributed by atoms with Gasteiger partial charge >= 0.3 is 0 Å². The zero-order chi connectivity index (χ0) is 19.6. The van der Waals surface area contributed by atoms with Gasteiger partial charge in [-0.2, -0.15) is 5.26 Å². The molecule has 2 aromatic carbocycles. The molecule has 5 nitrogen and oxygen atoms in total. The number of hydrogen-bond donors (Lipinski definition) is 2. The first-order valence-corrected chi connectivity index (χ1v) is 9.85. The van der Waals surface area contributed by atoms with Gasteiger partial charge in [-0.15, -0.1) is 11.8 Å². The molecule has 0 heterocycles. The van der Waals surface area contributed by atoms with Gasteiger partial charge < -0.3 is 10.6 Å². The van der Waals surface area contributed by atoms with E-state index in [1.54, 1.807) is 36.4 Å². The first kappa shape index (κ1) is 21.1. The van der Waals surface area contributed by atoms with Gasteiger partial charge in [-0.05, 0) is 29.8 Å². The molecule has 0 bridgehead atoms. The predicted molar refractivity (Wildman–Crippen MR) is 109 cm³/mol. The van der Waals surface area contributed by atoms with Crippen LogP contribution in [0.5, 0.6) is 0 Å². The monoisotopic (exact) mass is 421 g/mol. The van der Waals surface area contributed by atoms with Gasteiger partial charge in [-0.3, -0.25) is 9.59 Å². The summed E-state index contributed by atoms with van der Waals surface area (Å²) in [5, 5.41) is 14.3. The molecule has 0 spiro atoms. The number of carbonyl (C=O) groups is 2. The van der Waals surface area contributed by atoms with Crippen LogP contribution in [0, 0.1) is 11.3 Å². The molecule has 8 heteroatoms. The lowest BCUT2D eigenvalue weighted by Crippen LogP contribution is -2.41. The largest absolute Gasteiger partial charge is 0.350 e.